The fourth-order valence-electron chi connectivity index (χ4n) is 9.50. The van der Waals surface area contributed by atoms with Crippen molar-refractivity contribution >= 4 is 65.0 Å². The van der Waals surface area contributed by atoms with E-state index in [-0.39, 0.29) is 90.0 Å². The minimum Gasteiger partial charge on any atom is -0.391 e. The molecule has 0 radical (unpaired) electrons. The van der Waals surface area contributed by atoms with Crippen LogP contribution >= 0.6 is 0 Å². The third-order valence-corrected chi connectivity index (χ3v) is 14.8. The highest BCUT2D eigenvalue weighted by Gasteiger charge is 2.38. The number of aliphatic hydroxyl groups is 2. The molecule has 1 saturated heterocycles. The number of aliphatic hydroxyl groups excluding tert-OH is 2. The number of carbonyl (C=O) groups is 11. The molecule has 0 spiro atoms. The lowest BCUT2D eigenvalue weighted by molar-refractivity contribution is -0.137. The summed E-state index contributed by atoms with van der Waals surface area (Å²) in [6.07, 6.45) is -0.0808. The van der Waals surface area contributed by atoms with Crippen molar-refractivity contribution in [2.75, 3.05) is 45.8 Å². The lowest BCUT2D eigenvalue weighted by Crippen LogP contribution is -2.62. The quantitative estimate of drug-likeness (QED) is 0.0304. The van der Waals surface area contributed by atoms with Gasteiger partial charge >= 0.3 is 0 Å². The molecule has 1 aromatic rings. The van der Waals surface area contributed by atoms with Crippen LogP contribution < -0.4 is 86.7 Å². The Morgan fingerprint density at radius 1 is 0.580 bits per heavy atom. The van der Waals surface area contributed by atoms with Gasteiger partial charge in [-0.25, -0.2) is 0 Å². The second kappa shape index (κ2) is 42.1. The summed E-state index contributed by atoms with van der Waals surface area (Å²) >= 11 is 0. The van der Waals surface area contributed by atoms with Crippen LogP contribution in [0, 0.1) is 11.8 Å². The third-order valence-electron chi connectivity index (χ3n) is 14.8. The van der Waals surface area contributed by atoms with Crippen LogP contribution in [0.5, 0.6) is 0 Å². The Bertz CT molecular complexity index is 2370. The zero-order chi connectivity index (χ0) is 65.9. The minimum atomic E-state index is -1.70. The predicted octanol–water partition coefficient (Wildman–Crippen LogP) is -4.20. The van der Waals surface area contributed by atoms with Gasteiger partial charge in [0.15, 0.2) is 0 Å². The maximum absolute atomic E-state index is 14.6. The molecule has 1 fully saturated rings. The Morgan fingerprint density at radius 2 is 1.11 bits per heavy atom. The van der Waals surface area contributed by atoms with Crippen LogP contribution in [0.25, 0.3) is 0 Å². The molecule has 29 nitrogen and oxygen atoms in total. The van der Waals surface area contributed by atoms with E-state index >= 15 is 0 Å². The van der Waals surface area contributed by atoms with E-state index in [0.717, 1.165) is 25.7 Å². The lowest BCUT2D eigenvalue weighted by atomic mass is 10.00. The highest BCUT2D eigenvalue weighted by atomic mass is 16.3. The van der Waals surface area contributed by atoms with Crippen molar-refractivity contribution in [3.63, 3.8) is 0 Å². The number of rotatable bonds is 32. The van der Waals surface area contributed by atoms with Gasteiger partial charge in [0.1, 0.15) is 60.4 Å². The zero-order valence-electron chi connectivity index (χ0n) is 52.5. The first-order chi connectivity index (χ1) is 41.8. The largest absolute Gasteiger partial charge is 0.391 e. The van der Waals surface area contributed by atoms with E-state index < -0.39 is 151 Å². The zero-order valence-corrected chi connectivity index (χ0v) is 52.5. The number of nitrogens with two attached hydrogens (primary N) is 4. The number of benzene rings is 1. The van der Waals surface area contributed by atoms with Crippen LogP contribution in [0.3, 0.4) is 0 Å². The number of carbonyl (C=O) groups excluding carboxylic acids is 11. The van der Waals surface area contributed by atoms with Crippen LogP contribution in [0.4, 0.5) is 0 Å². The van der Waals surface area contributed by atoms with Gasteiger partial charge in [0.25, 0.3) is 0 Å². The van der Waals surface area contributed by atoms with Gasteiger partial charge in [-0.15, -0.1) is 0 Å². The van der Waals surface area contributed by atoms with E-state index in [1.165, 1.54) is 13.8 Å². The molecule has 0 bridgehead atoms. The van der Waals surface area contributed by atoms with Crippen LogP contribution in [0.2, 0.25) is 0 Å². The van der Waals surface area contributed by atoms with Crippen LogP contribution in [0.1, 0.15) is 138 Å². The molecule has 13 atom stereocenters. The smallest absolute Gasteiger partial charge is 0.245 e. The molecule has 29 heteroatoms. The van der Waals surface area contributed by atoms with Gasteiger partial charge in [0, 0.05) is 19.4 Å². The average molecular weight is 1250 g/mol. The number of amides is 11. The topological polar surface area (TPSA) is 477 Å². The molecule has 498 valence electrons. The van der Waals surface area contributed by atoms with Gasteiger partial charge < -0.3 is 96.9 Å². The number of unbranched alkanes of at least 4 members (excludes halogenated alkanes) is 1. The van der Waals surface area contributed by atoms with E-state index in [9.17, 15) is 63.0 Å². The van der Waals surface area contributed by atoms with Gasteiger partial charge in [0.2, 0.25) is 65.0 Å². The van der Waals surface area contributed by atoms with Gasteiger partial charge in [-0.3, -0.25) is 52.7 Å². The second-order valence-corrected chi connectivity index (χ2v) is 23.0. The average Bonchev–Trinajstić information content (AvgIpc) is 3.60. The fraction of sp³-hybridized carbons (Fsp3) is 0.712. The number of hydrogen-bond acceptors (Lipinski definition) is 18. The lowest BCUT2D eigenvalue weighted by Gasteiger charge is -2.29. The Kier molecular flexibility index (Phi) is 36.9. The van der Waals surface area contributed by atoms with Gasteiger partial charge in [0.05, 0.1) is 12.2 Å². The van der Waals surface area contributed by atoms with Crippen molar-refractivity contribution in [1.29, 1.82) is 0 Å². The van der Waals surface area contributed by atoms with Gasteiger partial charge in [-0.2, -0.15) is 0 Å². The summed E-state index contributed by atoms with van der Waals surface area (Å²) in [6.45, 7) is 11.9. The second-order valence-electron chi connectivity index (χ2n) is 23.0. The van der Waals surface area contributed by atoms with Crippen molar-refractivity contribution < 1.29 is 63.0 Å². The molecule has 0 aromatic heterocycles. The fourth-order valence-corrected chi connectivity index (χ4v) is 9.50. The summed E-state index contributed by atoms with van der Waals surface area (Å²) in [4.78, 5) is 155. The Balaban J connectivity index is 2.71. The van der Waals surface area contributed by atoms with E-state index in [4.69, 9.17) is 22.9 Å². The first-order valence-corrected chi connectivity index (χ1v) is 31.1. The predicted molar refractivity (Wildman–Crippen MR) is 330 cm³/mol. The van der Waals surface area contributed by atoms with E-state index in [1.807, 2.05) is 6.92 Å². The van der Waals surface area contributed by atoms with Crippen molar-refractivity contribution in [2.45, 2.75) is 211 Å². The molecule has 1 aromatic carbocycles. The molecule has 2 rings (SSSR count). The Morgan fingerprint density at radius 3 is 1.66 bits per heavy atom. The molecule has 11 amide bonds. The Hall–Kier alpha value is -6.89. The summed E-state index contributed by atoms with van der Waals surface area (Å²) in [6, 6.07) is -6.06. The van der Waals surface area contributed by atoms with Crippen molar-refractivity contribution in [2.24, 2.45) is 34.8 Å². The molecule has 88 heavy (non-hydrogen) atoms. The van der Waals surface area contributed by atoms with E-state index in [1.54, 1.807) is 44.2 Å². The van der Waals surface area contributed by atoms with Gasteiger partial charge in [-0.05, 0) is 128 Å². The molecule has 0 saturated carbocycles. The molecule has 0 aliphatic carbocycles. The SMILES string of the molecule is CCCNCC[C@@H]1NC(=O)[C@H](CCN)NC(=O)[C@H](CC(C)C)NC(=O)[C@@H](Cc2ccccc2)NC(=O)[C@H](CCN)NC(=O)[C@@H](NC(=O)[C@H](CCN)NC(=O)[C@@H](NC(=O)[C@H](CCN)NC(=O)CCCCC(C)CC)[C@@H](C)O)CCNC(=O)[C@H]([C@@H](C)O)NC1=O. The summed E-state index contributed by atoms with van der Waals surface area (Å²) in [5, 5.41) is 53.4. The molecule has 1 aliphatic heterocycles. The summed E-state index contributed by atoms with van der Waals surface area (Å²) in [5.41, 5.74) is 24.2. The number of hydrogen-bond donors (Lipinski definition) is 18. The molecule has 1 heterocycles. The normalized spacial score (nSPS) is 22.5. The highest BCUT2D eigenvalue weighted by molar-refractivity contribution is 5.99. The summed E-state index contributed by atoms with van der Waals surface area (Å²) in [5.74, 6) is -9.25. The molecule has 22 N–H and O–H groups in total. The maximum atomic E-state index is 14.6. The number of nitrogens with one attached hydrogen (secondary N) is 12. The minimum absolute atomic E-state index is 0.0150. The first-order valence-electron chi connectivity index (χ1n) is 31.1. The molecular formula is C59H104N16O13. The van der Waals surface area contributed by atoms with E-state index in [0.29, 0.717) is 24.4 Å². The maximum Gasteiger partial charge on any atom is 0.245 e. The summed E-state index contributed by atoms with van der Waals surface area (Å²) < 4.78 is 0. The molecule has 1 unspecified atom stereocenters. The van der Waals surface area contributed by atoms with Crippen molar-refractivity contribution in [1.82, 2.24) is 63.8 Å². The first kappa shape index (κ1) is 77.2. The van der Waals surface area contributed by atoms with Crippen molar-refractivity contribution in [3.8, 4) is 0 Å². The van der Waals surface area contributed by atoms with Crippen LogP contribution in [-0.2, 0) is 59.2 Å². The summed E-state index contributed by atoms with van der Waals surface area (Å²) in [7, 11) is 0. The van der Waals surface area contributed by atoms with Crippen molar-refractivity contribution in [3.05, 3.63) is 35.9 Å². The van der Waals surface area contributed by atoms with E-state index in [2.05, 4.69) is 77.6 Å². The standard InChI is InChI=1S/C59H104N16O13/c1-8-29-64-30-23-43-55(84)74-48(36(6)76)58(87)65-31-24-44(70-51(80)42(22-28-63)71-59(88)49(37(7)77)75-54(83)39(19-25-60)66-47(78)18-14-13-15-35(5)9-2)53(82)67-41(21-27-62)52(81)73-46(33-38-16-11-10-12-17-38)57(86)72-45(32-34(3)4)56(85)68-40(20-26-61)50(79)69-43/h10-12,16-17,34-37,39-46,48-49,64,76-77H,8-9,13-15,18-33,60-63H2,1-7H3,(H,65,87)(H,66,78)(H,67,82)(H,68,85)(H,69,79)(H,70,80)(H,71,88)(H,72,86)(H,73,81)(H,74,84)(H,75,83)/t35?,36-,37-,39+,40+,41+,42+,43+,44+,45+,46-,48+,49+/m1/s1. The third kappa shape index (κ3) is 28.5. The monoisotopic (exact) mass is 1240 g/mol. The van der Waals surface area contributed by atoms with Gasteiger partial charge in [-0.1, -0.05) is 84.2 Å². The molecule has 1 aliphatic rings. The van der Waals surface area contributed by atoms with Crippen LogP contribution in [-0.4, -0.2) is 194 Å². The highest BCUT2D eigenvalue weighted by Crippen LogP contribution is 2.14. The van der Waals surface area contributed by atoms with Crippen LogP contribution in [0.15, 0.2) is 30.3 Å². The molecular weight excluding hydrogens is 1140 g/mol. The Labute approximate surface area is 517 Å².